The fourth-order valence-corrected chi connectivity index (χ4v) is 2.51. The molecule has 4 heteroatoms. The van der Waals surface area contributed by atoms with E-state index in [1.54, 1.807) is 25.1 Å². The summed E-state index contributed by atoms with van der Waals surface area (Å²) in [6, 6.07) is 12.5. The lowest BCUT2D eigenvalue weighted by atomic mass is 10.1. The summed E-state index contributed by atoms with van der Waals surface area (Å²) in [6.07, 6.45) is 0.304. The maximum Gasteiger partial charge on any atom is 0.204 e. The van der Waals surface area contributed by atoms with Gasteiger partial charge in [-0.2, -0.15) is 0 Å². The van der Waals surface area contributed by atoms with Crippen LogP contribution in [0.3, 0.4) is 0 Å². The van der Waals surface area contributed by atoms with E-state index < -0.39 is 6.10 Å². The SMILES string of the molecule is CCc1cccc(OC(C)C(=O)c2ccc(Cl)cc2Cl)c1. The fourth-order valence-electron chi connectivity index (χ4n) is 2.00. The molecule has 2 nitrogen and oxygen atoms in total. The molecule has 2 aromatic carbocycles. The van der Waals surface area contributed by atoms with Crippen molar-refractivity contribution >= 4 is 29.0 Å². The number of hydrogen-bond donors (Lipinski definition) is 0. The van der Waals surface area contributed by atoms with Crippen LogP contribution in [-0.4, -0.2) is 11.9 Å². The molecule has 0 amide bonds. The molecule has 0 heterocycles. The third-order valence-electron chi connectivity index (χ3n) is 3.19. The molecular formula is C17H16Cl2O2. The van der Waals surface area contributed by atoms with E-state index in [0.29, 0.717) is 21.4 Å². The summed E-state index contributed by atoms with van der Waals surface area (Å²) in [6.45, 7) is 3.78. The highest BCUT2D eigenvalue weighted by Crippen LogP contribution is 2.23. The van der Waals surface area contributed by atoms with Gasteiger partial charge in [-0.15, -0.1) is 0 Å². The second-order valence-corrected chi connectivity index (χ2v) is 5.59. The molecule has 21 heavy (non-hydrogen) atoms. The number of aryl methyl sites for hydroxylation is 1. The van der Waals surface area contributed by atoms with Crippen molar-refractivity contribution in [2.45, 2.75) is 26.4 Å². The van der Waals surface area contributed by atoms with Gasteiger partial charge in [0.2, 0.25) is 5.78 Å². The van der Waals surface area contributed by atoms with E-state index in [1.807, 2.05) is 24.3 Å². The van der Waals surface area contributed by atoms with Crippen molar-refractivity contribution in [1.82, 2.24) is 0 Å². The van der Waals surface area contributed by atoms with Gasteiger partial charge in [0.25, 0.3) is 0 Å². The van der Waals surface area contributed by atoms with Crippen LogP contribution in [0.2, 0.25) is 10.0 Å². The average Bonchev–Trinajstić information content (AvgIpc) is 2.46. The zero-order valence-corrected chi connectivity index (χ0v) is 13.4. The van der Waals surface area contributed by atoms with Crippen molar-refractivity contribution in [3.8, 4) is 5.75 Å². The second kappa shape index (κ2) is 6.97. The molecule has 0 spiro atoms. The summed E-state index contributed by atoms with van der Waals surface area (Å²) in [7, 11) is 0. The van der Waals surface area contributed by atoms with Crippen LogP contribution < -0.4 is 4.74 Å². The van der Waals surface area contributed by atoms with Crippen LogP contribution in [0.5, 0.6) is 5.75 Å². The predicted octanol–water partition coefficient (Wildman–Crippen LogP) is 5.21. The monoisotopic (exact) mass is 322 g/mol. The number of Topliss-reactive ketones (excluding diaryl/α,β-unsaturated/α-hetero) is 1. The highest BCUT2D eigenvalue weighted by molar-refractivity contribution is 6.37. The molecule has 0 N–H and O–H groups in total. The van der Waals surface area contributed by atoms with Gasteiger partial charge in [0.15, 0.2) is 6.10 Å². The molecule has 0 aliphatic rings. The van der Waals surface area contributed by atoms with E-state index in [4.69, 9.17) is 27.9 Å². The number of carbonyl (C=O) groups excluding carboxylic acids is 1. The van der Waals surface area contributed by atoms with Crippen LogP contribution in [0.1, 0.15) is 29.8 Å². The molecule has 2 aromatic rings. The predicted molar refractivity (Wildman–Crippen MR) is 86.7 cm³/mol. The molecule has 0 aliphatic carbocycles. The second-order valence-electron chi connectivity index (χ2n) is 4.75. The lowest BCUT2D eigenvalue weighted by Crippen LogP contribution is -2.24. The Balaban J connectivity index is 2.15. The molecule has 0 bridgehead atoms. The lowest BCUT2D eigenvalue weighted by Gasteiger charge is -2.15. The maximum absolute atomic E-state index is 12.4. The van der Waals surface area contributed by atoms with E-state index in [1.165, 1.54) is 0 Å². The third-order valence-corrected chi connectivity index (χ3v) is 3.73. The summed E-state index contributed by atoms with van der Waals surface area (Å²) in [5, 5.41) is 0.839. The Morgan fingerprint density at radius 3 is 2.62 bits per heavy atom. The molecule has 0 saturated heterocycles. The minimum absolute atomic E-state index is 0.168. The van der Waals surface area contributed by atoms with E-state index in [0.717, 1.165) is 12.0 Å². The van der Waals surface area contributed by atoms with Gasteiger partial charge < -0.3 is 4.74 Å². The first kappa shape index (κ1) is 15.9. The van der Waals surface area contributed by atoms with Crippen LogP contribution in [0.25, 0.3) is 0 Å². The Morgan fingerprint density at radius 1 is 1.19 bits per heavy atom. The molecule has 0 saturated carbocycles. The molecule has 0 aliphatic heterocycles. The summed E-state index contributed by atoms with van der Waals surface area (Å²) in [5.74, 6) is 0.513. The smallest absolute Gasteiger partial charge is 0.204 e. The quantitative estimate of drug-likeness (QED) is 0.706. The third kappa shape index (κ3) is 3.99. The molecule has 2 rings (SSSR count). The van der Waals surface area contributed by atoms with Crippen LogP contribution in [0, 0.1) is 0 Å². The number of benzene rings is 2. The average molecular weight is 323 g/mol. The molecule has 0 fully saturated rings. The summed E-state index contributed by atoms with van der Waals surface area (Å²) < 4.78 is 5.72. The van der Waals surface area contributed by atoms with Crippen molar-refractivity contribution in [3.05, 3.63) is 63.6 Å². The highest BCUT2D eigenvalue weighted by atomic mass is 35.5. The summed E-state index contributed by atoms with van der Waals surface area (Å²) in [4.78, 5) is 12.4. The van der Waals surface area contributed by atoms with Crippen LogP contribution in [0.4, 0.5) is 0 Å². The topological polar surface area (TPSA) is 26.3 Å². The van der Waals surface area contributed by atoms with Crippen molar-refractivity contribution in [1.29, 1.82) is 0 Å². The van der Waals surface area contributed by atoms with E-state index in [9.17, 15) is 4.79 Å². The Morgan fingerprint density at radius 2 is 1.95 bits per heavy atom. The Bertz CT molecular complexity index is 653. The van der Waals surface area contributed by atoms with Gasteiger partial charge in [-0.1, -0.05) is 42.3 Å². The number of ketones is 1. The first-order valence-electron chi connectivity index (χ1n) is 6.76. The molecule has 1 unspecified atom stereocenters. The number of hydrogen-bond acceptors (Lipinski definition) is 2. The van der Waals surface area contributed by atoms with Crippen LogP contribution in [0.15, 0.2) is 42.5 Å². The largest absolute Gasteiger partial charge is 0.483 e. The maximum atomic E-state index is 12.4. The van der Waals surface area contributed by atoms with Gasteiger partial charge in [-0.05, 0) is 49.2 Å². The van der Waals surface area contributed by atoms with Gasteiger partial charge in [-0.25, -0.2) is 0 Å². The van der Waals surface area contributed by atoms with E-state index >= 15 is 0 Å². The fraction of sp³-hybridized carbons (Fsp3) is 0.235. The first-order valence-corrected chi connectivity index (χ1v) is 7.51. The van der Waals surface area contributed by atoms with E-state index in [-0.39, 0.29) is 5.78 Å². The van der Waals surface area contributed by atoms with Crippen LogP contribution >= 0.6 is 23.2 Å². The van der Waals surface area contributed by atoms with Crippen molar-refractivity contribution < 1.29 is 9.53 Å². The number of ether oxygens (including phenoxy) is 1. The van der Waals surface area contributed by atoms with E-state index in [2.05, 4.69) is 6.92 Å². The number of carbonyl (C=O) groups is 1. The first-order chi connectivity index (χ1) is 10.0. The zero-order chi connectivity index (χ0) is 15.4. The van der Waals surface area contributed by atoms with Crippen LogP contribution in [-0.2, 0) is 6.42 Å². The molecule has 1 atom stereocenters. The number of halogens is 2. The summed E-state index contributed by atoms with van der Waals surface area (Å²) >= 11 is 11.9. The Kier molecular flexibility index (Phi) is 5.27. The molecule has 110 valence electrons. The van der Waals surface area contributed by atoms with Gasteiger partial charge in [0, 0.05) is 10.6 Å². The van der Waals surface area contributed by atoms with Gasteiger partial charge in [0.1, 0.15) is 5.75 Å². The van der Waals surface area contributed by atoms with Gasteiger partial charge >= 0.3 is 0 Å². The normalized spacial score (nSPS) is 12.0. The molecule has 0 radical (unpaired) electrons. The highest BCUT2D eigenvalue weighted by Gasteiger charge is 2.19. The number of rotatable bonds is 5. The van der Waals surface area contributed by atoms with Gasteiger partial charge in [-0.3, -0.25) is 4.79 Å². The Hall–Kier alpha value is -1.51. The Labute approximate surface area is 134 Å². The minimum Gasteiger partial charge on any atom is -0.483 e. The zero-order valence-electron chi connectivity index (χ0n) is 11.9. The minimum atomic E-state index is -0.615. The van der Waals surface area contributed by atoms with Crippen molar-refractivity contribution in [2.75, 3.05) is 0 Å². The van der Waals surface area contributed by atoms with Crippen molar-refractivity contribution in [2.24, 2.45) is 0 Å². The lowest BCUT2D eigenvalue weighted by molar-refractivity contribution is 0.0818. The molecule has 0 aromatic heterocycles. The standard InChI is InChI=1S/C17H16Cl2O2/c1-3-12-5-4-6-14(9-12)21-11(2)17(20)15-8-7-13(18)10-16(15)19/h4-11H,3H2,1-2H3. The molecular weight excluding hydrogens is 307 g/mol. The van der Waals surface area contributed by atoms with Gasteiger partial charge in [0.05, 0.1) is 5.02 Å². The summed E-state index contributed by atoms with van der Waals surface area (Å²) in [5.41, 5.74) is 1.58. The van der Waals surface area contributed by atoms with Crippen molar-refractivity contribution in [3.63, 3.8) is 0 Å².